The number of benzene rings is 1. The smallest absolute Gasteiger partial charge is 0.257 e. The minimum absolute atomic E-state index is 0.0442. The van der Waals surface area contributed by atoms with Gasteiger partial charge in [0.1, 0.15) is 6.10 Å². The lowest BCUT2D eigenvalue weighted by molar-refractivity contribution is -0.130. The second kappa shape index (κ2) is 9.60. The SMILES string of the molecule is CN(C)c1nccnc1OC1CCCN(C(=O)CSCc2ccccc2)C1. The Labute approximate surface area is 164 Å². The molecule has 1 unspecified atom stereocenters. The third-order valence-electron chi connectivity index (χ3n) is 4.42. The van der Waals surface area contributed by atoms with Gasteiger partial charge in [-0.25, -0.2) is 9.97 Å². The van der Waals surface area contributed by atoms with Crippen LogP contribution in [0.3, 0.4) is 0 Å². The molecule has 2 aromatic rings. The predicted octanol–water partition coefficient (Wildman–Crippen LogP) is 2.85. The van der Waals surface area contributed by atoms with Crippen LogP contribution < -0.4 is 9.64 Å². The molecule has 1 amide bonds. The van der Waals surface area contributed by atoms with E-state index in [1.807, 2.05) is 42.1 Å². The molecule has 0 radical (unpaired) electrons. The number of carbonyl (C=O) groups excluding carboxylic acids is 1. The molecule has 27 heavy (non-hydrogen) atoms. The summed E-state index contributed by atoms with van der Waals surface area (Å²) in [6, 6.07) is 10.2. The first-order chi connectivity index (χ1) is 13.1. The monoisotopic (exact) mass is 386 g/mol. The van der Waals surface area contributed by atoms with Crippen molar-refractivity contribution in [2.75, 3.05) is 37.8 Å². The highest BCUT2D eigenvalue weighted by Gasteiger charge is 2.26. The quantitative estimate of drug-likeness (QED) is 0.729. The topological polar surface area (TPSA) is 58.6 Å². The molecule has 1 aromatic heterocycles. The van der Waals surface area contributed by atoms with Crippen molar-refractivity contribution in [3.63, 3.8) is 0 Å². The normalized spacial score (nSPS) is 16.8. The summed E-state index contributed by atoms with van der Waals surface area (Å²) in [5.41, 5.74) is 1.24. The number of thioether (sulfide) groups is 1. The minimum Gasteiger partial charge on any atom is -0.470 e. The number of aromatic nitrogens is 2. The summed E-state index contributed by atoms with van der Waals surface area (Å²) in [6.07, 6.45) is 5.11. The zero-order chi connectivity index (χ0) is 19.1. The van der Waals surface area contributed by atoms with E-state index in [-0.39, 0.29) is 12.0 Å². The van der Waals surface area contributed by atoms with Crippen LogP contribution in [0, 0.1) is 0 Å². The lowest BCUT2D eigenvalue weighted by Crippen LogP contribution is -2.45. The van der Waals surface area contributed by atoms with Gasteiger partial charge in [-0.3, -0.25) is 4.79 Å². The number of amides is 1. The summed E-state index contributed by atoms with van der Waals surface area (Å²) in [5, 5.41) is 0. The van der Waals surface area contributed by atoms with Gasteiger partial charge in [-0.15, -0.1) is 11.8 Å². The third-order valence-corrected chi connectivity index (χ3v) is 5.40. The molecule has 144 valence electrons. The summed E-state index contributed by atoms with van der Waals surface area (Å²) in [5.74, 6) is 2.76. The second-order valence-electron chi connectivity index (χ2n) is 6.78. The van der Waals surface area contributed by atoms with Crippen molar-refractivity contribution in [3.05, 3.63) is 48.3 Å². The van der Waals surface area contributed by atoms with Gasteiger partial charge in [-0.05, 0) is 18.4 Å². The van der Waals surface area contributed by atoms with Crippen LogP contribution in [0.2, 0.25) is 0 Å². The molecule has 1 aliphatic heterocycles. The number of nitrogens with zero attached hydrogens (tertiary/aromatic N) is 4. The van der Waals surface area contributed by atoms with E-state index in [1.54, 1.807) is 24.2 Å². The molecule has 1 aromatic carbocycles. The molecule has 1 fully saturated rings. The van der Waals surface area contributed by atoms with E-state index in [1.165, 1.54) is 5.56 Å². The van der Waals surface area contributed by atoms with Crippen molar-refractivity contribution >= 4 is 23.5 Å². The first-order valence-corrected chi connectivity index (χ1v) is 10.3. The van der Waals surface area contributed by atoms with Gasteiger partial charge in [0.2, 0.25) is 5.91 Å². The molecule has 6 nitrogen and oxygen atoms in total. The maximum Gasteiger partial charge on any atom is 0.257 e. The Balaban J connectivity index is 1.51. The van der Waals surface area contributed by atoms with Crippen molar-refractivity contribution in [3.8, 4) is 5.88 Å². The molecule has 1 aliphatic rings. The first-order valence-electron chi connectivity index (χ1n) is 9.18. The van der Waals surface area contributed by atoms with Crippen LogP contribution in [0.1, 0.15) is 18.4 Å². The molecular formula is C20H26N4O2S. The van der Waals surface area contributed by atoms with Crippen molar-refractivity contribution in [2.24, 2.45) is 0 Å². The van der Waals surface area contributed by atoms with Gasteiger partial charge < -0.3 is 14.5 Å². The van der Waals surface area contributed by atoms with Crippen LogP contribution in [0.4, 0.5) is 5.82 Å². The first kappa shape index (κ1) is 19.5. The van der Waals surface area contributed by atoms with Gasteiger partial charge in [-0.2, -0.15) is 0 Å². The molecule has 0 bridgehead atoms. The van der Waals surface area contributed by atoms with Crippen LogP contribution in [-0.4, -0.2) is 59.8 Å². The third kappa shape index (κ3) is 5.60. The lowest BCUT2D eigenvalue weighted by Gasteiger charge is -2.33. The Morgan fingerprint density at radius 1 is 1.26 bits per heavy atom. The predicted molar refractivity (Wildman–Crippen MR) is 109 cm³/mol. The van der Waals surface area contributed by atoms with E-state index in [2.05, 4.69) is 22.1 Å². The van der Waals surface area contributed by atoms with Gasteiger partial charge in [0.25, 0.3) is 5.88 Å². The van der Waals surface area contributed by atoms with Crippen molar-refractivity contribution in [1.82, 2.24) is 14.9 Å². The van der Waals surface area contributed by atoms with Crippen molar-refractivity contribution in [1.29, 1.82) is 0 Å². The number of carbonyl (C=O) groups is 1. The van der Waals surface area contributed by atoms with Gasteiger partial charge in [0.05, 0.1) is 12.3 Å². The summed E-state index contributed by atoms with van der Waals surface area (Å²) in [4.78, 5) is 25.0. The average molecular weight is 387 g/mol. The largest absolute Gasteiger partial charge is 0.470 e. The van der Waals surface area contributed by atoms with E-state index < -0.39 is 0 Å². The molecule has 7 heteroatoms. The Kier molecular flexibility index (Phi) is 6.92. The van der Waals surface area contributed by atoms with Gasteiger partial charge in [0.15, 0.2) is 5.82 Å². The van der Waals surface area contributed by atoms with Crippen molar-refractivity contribution < 1.29 is 9.53 Å². The number of hydrogen-bond acceptors (Lipinski definition) is 6. The molecule has 1 saturated heterocycles. The van der Waals surface area contributed by atoms with Crippen LogP contribution >= 0.6 is 11.8 Å². The number of anilines is 1. The average Bonchev–Trinajstić information content (AvgIpc) is 2.69. The number of ether oxygens (including phenoxy) is 1. The van der Waals surface area contributed by atoms with Gasteiger partial charge >= 0.3 is 0 Å². The molecule has 0 aliphatic carbocycles. The fourth-order valence-corrected chi connectivity index (χ4v) is 3.94. The zero-order valence-electron chi connectivity index (χ0n) is 15.9. The Hall–Kier alpha value is -2.28. The lowest BCUT2D eigenvalue weighted by atomic mass is 10.1. The fraction of sp³-hybridized carbons (Fsp3) is 0.450. The summed E-state index contributed by atoms with van der Waals surface area (Å²) >= 11 is 1.66. The molecule has 1 atom stereocenters. The summed E-state index contributed by atoms with van der Waals surface area (Å²) in [7, 11) is 3.83. The number of rotatable bonds is 7. The molecule has 3 rings (SSSR count). The van der Waals surface area contributed by atoms with E-state index in [9.17, 15) is 4.79 Å². The number of likely N-dealkylation sites (tertiary alicyclic amines) is 1. The maximum absolute atomic E-state index is 12.6. The fourth-order valence-electron chi connectivity index (χ4n) is 3.05. The highest BCUT2D eigenvalue weighted by atomic mass is 32.2. The Morgan fingerprint density at radius 2 is 2.04 bits per heavy atom. The van der Waals surface area contributed by atoms with Crippen LogP contribution in [0.15, 0.2) is 42.7 Å². The molecular weight excluding hydrogens is 360 g/mol. The highest BCUT2D eigenvalue weighted by Crippen LogP contribution is 2.24. The van der Waals surface area contributed by atoms with Crippen LogP contribution in [0.5, 0.6) is 5.88 Å². The Morgan fingerprint density at radius 3 is 2.81 bits per heavy atom. The second-order valence-corrected chi connectivity index (χ2v) is 7.77. The molecule has 0 N–H and O–H groups in total. The minimum atomic E-state index is -0.0442. The summed E-state index contributed by atoms with van der Waals surface area (Å²) < 4.78 is 6.09. The summed E-state index contributed by atoms with van der Waals surface area (Å²) in [6.45, 7) is 1.40. The standard InChI is InChI=1S/C20H26N4O2S/c1-23(2)19-20(22-11-10-21-19)26-17-9-6-12-24(13-17)18(25)15-27-14-16-7-4-3-5-8-16/h3-5,7-8,10-11,17H,6,9,12-15H2,1-2H3. The Bertz CT molecular complexity index is 742. The maximum atomic E-state index is 12.6. The van der Waals surface area contributed by atoms with E-state index >= 15 is 0 Å². The number of piperidine rings is 1. The molecule has 0 spiro atoms. The van der Waals surface area contributed by atoms with Crippen LogP contribution in [0.25, 0.3) is 0 Å². The van der Waals surface area contributed by atoms with Crippen LogP contribution in [-0.2, 0) is 10.5 Å². The van der Waals surface area contributed by atoms with Crippen molar-refractivity contribution in [2.45, 2.75) is 24.7 Å². The number of hydrogen-bond donors (Lipinski definition) is 0. The van der Waals surface area contributed by atoms with Gasteiger partial charge in [-0.1, -0.05) is 30.3 Å². The zero-order valence-corrected chi connectivity index (χ0v) is 16.7. The van der Waals surface area contributed by atoms with E-state index in [0.717, 1.165) is 25.1 Å². The van der Waals surface area contributed by atoms with E-state index in [0.29, 0.717) is 24.0 Å². The molecule has 2 heterocycles. The molecule has 0 saturated carbocycles. The van der Waals surface area contributed by atoms with Gasteiger partial charge in [0, 0.05) is 38.8 Å². The van der Waals surface area contributed by atoms with E-state index in [4.69, 9.17) is 4.74 Å². The highest BCUT2D eigenvalue weighted by molar-refractivity contribution is 7.99.